The maximum absolute atomic E-state index is 12.6. The lowest BCUT2D eigenvalue weighted by molar-refractivity contribution is 0.0952. The highest BCUT2D eigenvalue weighted by Crippen LogP contribution is 2.20. The van der Waals surface area contributed by atoms with Crippen LogP contribution in [0.1, 0.15) is 22.3 Å². The summed E-state index contributed by atoms with van der Waals surface area (Å²) in [6.45, 7) is 3.17. The van der Waals surface area contributed by atoms with E-state index in [4.69, 9.17) is 0 Å². The topological polar surface area (TPSA) is 80.2 Å². The number of rotatable bonds is 8. The molecule has 164 valence electrons. The maximum Gasteiger partial charge on any atom is 0.261 e. The Morgan fingerprint density at radius 3 is 2.41 bits per heavy atom. The predicted molar refractivity (Wildman–Crippen MR) is 127 cm³/mol. The molecule has 7 heteroatoms. The molecule has 2 N–H and O–H groups in total. The van der Waals surface area contributed by atoms with Crippen LogP contribution in [0.15, 0.2) is 90.0 Å². The largest absolute Gasteiger partial charge is 0.352 e. The Morgan fingerprint density at radius 2 is 1.62 bits per heavy atom. The lowest BCUT2D eigenvalue weighted by Gasteiger charge is -2.11. The van der Waals surface area contributed by atoms with Gasteiger partial charge < -0.3 is 9.88 Å². The van der Waals surface area contributed by atoms with Crippen molar-refractivity contribution in [2.75, 3.05) is 11.3 Å². The van der Waals surface area contributed by atoms with Crippen LogP contribution in [0.2, 0.25) is 0 Å². The minimum absolute atomic E-state index is 0.108. The summed E-state index contributed by atoms with van der Waals surface area (Å²) in [6, 6.07) is 23.4. The maximum atomic E-state index is 12.6. The van der Waals surface area contributed by atoms with Crippen molar-refractivity contribution in [2.45, 2.75) is 24.8 Å². The molecule has 0 fully saturated rings. The van der Waals surface area contributed by atoms with Crippen molar-refractivity contribution in [2.24, 2.45) is 0 Å². The van der Waals surface area contributed by atoms with E-state index in [0.29, 0.717) is 17.8 Å². The van der Waals surface area contributed by atoms with E-state index >= 15 is 0 Å². The van der Waals surface area contributed by atoms with E-state index in [1.54, 1.807) is 12.1 Å². The van der Waals surface area contributed by atoms with Gasteiger partial charge in [-0.3, -0.25) is 9.52 Å². The average Bonchev–Trinajstić information content (AvgIpc) is 3.21. The zero-order valence-electron chi connectivity index (χ0n) is 17.8. The van der Waals surface area contributed by atoms with E-state index in [0.717, 1.165) is 18.5 Å². The van der Waals surface area contributed by atoms with E-state index in [2.05, 4.69) is 39.0 Å². The van der Waals surface area contributed by atoms with Crippen molar-refractivity contribution in [3.63, 3.8) is 0 Å². The van der Waals surface area contributed by atoms with Crippen LogP contribution in [0.3, 0.4) is 0 Å². The number of hydrogen-bond donors (Lipinski definition) is 2. The van der Waals surface area contributed by atoms with Gasteiger partial charge in [0.05, 0.1) is 10.6 Å². The number of carbonyl (C=O) groups is 1. The Bertz CT molecular complexity index is 1340. The first-order valence-electron chi connectivity index (χ1n) is 10.4. The molecular formula is C25H25N3O3S. The molecule has 0 spiro atoms. The lowest BCUT2D eigenvalue weighted by Crippen LogP contribution is -2.25. The van der Waals surface area contributed by atoms with Gasteiger partial charge in [0.15, 0.2) is 0 Å². The summed E-state index contributed by atoms with van der Waals surface area (Å²) < 4.78 is 30.0. The van der Waals surface area contributed by atoms with Crippen LogP contribution in [-0.4, -0.2) is 25.4 Å². The van der Waals surface area contributed by atoms with E-state index in [-0.39, 0.29) is 10.8 Å². The number of benzene rings is 3. The number of para-hydroxylation sites is 2. The molecule has 0 atom stereocenters. The number of aromatic nitrogens is 1. The van der Waals surface area contributed by atoms with Gasteiger partial charge >= 0.3 is 0 Å². The van der Waals surface area contributed by atoms with Crippen molar-refractivity contribution in [3.8, 4) is 0 Å². The summed E-state index contributed by atoms with van der Waals surface area (Å²) in [7, 11) is -3.73. The van der Waals surface area contributed by atoms with Gasteiger partial charge in [0, 0.05) is 30.4 Å². The number of sulfonamides is 1. The quantitative estimate of drug-likeness (QED) is 0.388. The molecule has 0 aliphatic rings. The molecule has 0 saturated heterocycles. The Balaban J connectivity index is 1.32. The summed E-state index contributed by atoms with van der Waals surface area (Å²) in [5.41, 5.74) is 2.96. The van der Waals surface area contributed by atoms with E-state index in [1.165, 1.54) is 35.2 Å². The van der Waals surface area contributed by atoms with Gasteiger partial charge in [0.1, 0.15) is 0 Å². The molecule has 1 aromatic heterocycles. The van der Waals surface area contributed by atoms with Crippen LogP contribution in [0, 0.1) is 6.92 Å². The Morgan fingerprint density at radius 1 is 0.906 bits per heavy atom. The van der Waals surface area contributed by atoms with Crippen LogP contribution in [0.25, 0.3) is 10.9 Å². The van der Waals surface area contributed by atoms with Crippen LogP contribution in [0.4, 0.5) is 5.69 Å². The number of amides is 1. The number of nitrogens with one attached hydrogen (secondary N) is 2. The molecular weight excluding hydrogens is 422 g/mol. The Hall–Kier alpha value is -3.58. The second-order valence-corrected chi connectivity index (χ2v) is 9.30. The predicted octanol–water partition coefficient (Wildman–Crippen LogP) is 4.57. The van der Waals surface area contributed by atoms with Gasteiger partial charge in [0.2, 0.25) is 0 Å². The minimum Gasteiger partial charge on any atom is -0.352 e. The van der Waals surface area contributed by atoms with Crippen LogP contribution in [-0.2, 0) is 16.6 Å². The number of aryl methyl sites for hydroxylation is 2. The standard InChI is InChI=1S/C25H25N3O3S/c1-19-7-2-4-9-23(19)27-32(30,31)22-13-11-21(12-14-22)25(29)26-16-6-17-28-18-15-20-8-3-5-10-24(20)28/h2-5,7-15,18,27H,6,16-17H2,1H3,(H,26,29). The molecule has 1 amide bonds. The number of fused-ring (bicyclic) bond motifs is 1. The van der Waals surface area contributed by atoms with Gasteiger partial charge in [-0.15, -0.1) is 0 Å². The van der Waals surface area contributed by atoms with E-state index < -0.39 is 10.0 Å². The zero-order valence-corrected chi connectivity index (χ0v) is 18.6. The zero-order chi connectivity index (χ0) is 22.6. The third-order valence-corrected chi connectivity index (χ3v) is 6.74. The highest BCUT2D eigenvalue weighted by Gasteiger charge is 2.16. The fourth-order valence-corrected chi connectivity index (χ4v) is 4.70. The summed E-state index contributed by atoms with van der Waals surface area (Å²) in [5, 5.41) is 4.10. The lowest BCUT2D eigenvalue weighted by atomic mass is 10.2. The highest BCUT2D eigenvalue weighted by atomic mass is 32.2. The fraction of sp³-hybridized carbons (Fsp3) is 0.160. The van der Waals surface area contributed by atoms with Gasteiger partial charge in [-0.05, 0) is 66.8 Å². The number of hydrogen-bond acceptors (Lipinski definition) is 3. The van der Waals surface area contributed by atoms with Crippen molar-refractivity contribution in [1.82, 2.24) is 9.88 Å². The van der Waals surface area contributed by atoms with Crippen molar-refractivity contribution in [3.05, 3.63) is 96.2 Å². The second kappa shape index (κ2) is 9.28. The second-order valence-electron chi connectivity index (χ2n) is 7.62. The van der Waals surface area contributed by atoms with Crippen molar-refractivity contribution < 1.29 is 13.2 Å². The van der Waals surface area contributed by atoms with Gasteiger partial charge in [-0.25, -0.2) is 8.42 Å². The summed E-state index contributed by atoms with van der Waals surface area (Å²) in [6.07, 6.45) is 2.84. The first kappa shape index (κ1) is 21.6. The van der Waals surface area contributed by atoms with E-state index in [1.807, 2.05) is 31.2 Å². The number of carbonyl (C=O) groups excluding carboxylic acids is 1. The molecule has 0 unspecified atom stereocenters. The molecule has 0 aliphatic carbocycles. The molecule has 0 radical (unpaired) electrons. The molecule has 3 aromatic carbocycles. The molecule has 4 rings (SSSR count). The first-order valence-corrected chi connectivity index (χ1v) is 11.9. The van der Waals surface area contributed by atoms with Gasteiger partial charge in [-0.2, -0.15) is 0 Å². The fourth-order valence-electron chi connectivity index (χ4n) is 3.57. The highest BCUT2D eigenvalue weighted by molar-refractivity contribution is 7.92. The molecule has 32 heavy (non-hydrogen) atoms. The van der Waals surface area contributed by atoms with Crippen molar-refractivity contribution in [1.29, 1.82) is 0 Å². The Labute approximate surface area is 187 Å². The normalized spacial score (nSPS) is 11.4. The van der Waals surface area contributed by atoms with Gasteiger partial charge in [-0.1, -0.05) is 36.4 Å². The molecule has 0 aliphatic heterocycles. The third kappa shape index (κ3) is 4.84. The molecule has 1 heterocycles. The SMILES string of the molecule is Cc1ccccc1NS(=O)(=O)c1ccc(C(=O)NCCCn2ccc3ccccc32)cc1. The monoisotopic (exact) mass is 447 g/mol. The van der Waals surface area contributed by atoms with Crippen LogP contribution >= 0.6 is 0 Å². The summed E-state index contributed by atoms with van der Waals surface area (Å²) >= 11 is 0. The number of anilines is 1. The number of nitrogens with zero attached hydrogens (tertiary/aromatic N) is 1. The molecule has 0 bridgehead atoms. The summed E-state index contributed by atoms with van der Waals surface area (Å²) in [5.74, 6) is -0.224. The molecule has 0 saturated carbocycles. The van der Waals surface area contributed by atoms with Crippen LogP contribution < -0.4 is 10.0 Å². The van der Waals surface area contributed by atoms with Crippen LogP contribution in [0.5, 0.6) is 0 Å². The third-order valence-electron chi connectivity index (χ3n) is 5.36. The average molecular weight is 448 g/mol. The Kier molecular flexibility index (Phi) is 6.28. The van der Waals surface area contributed by atoms with Gasteiger partial charge in [0.25, 0.3) is 15.9 Å². The molecule has 6 nitrogen and oxygen atoms in total. The van der Waals surface area contributed by atoms with E-state index in [9.17, 15) is 13.2 Å². The van der Waals surface area contributed by atoms with Crippen molar-refractivity contribution >= 4 is 32.5 Å². The smallest absolute Gasteiger partial charge is 0.261 e. The first-order chi connectivity index (χ1) is 15.4. The summed E-state index contributed by atoms with van der Waals surface area (Å²) in [4.78, 5) is 12.5. The minimum atomic E-state index is -3.73. The molecule has 4 aromatic rings.